The maximum absolute atomic E-state index is 5.74. The zero-order chi connectivity index (χ0) is 13.4. The van der Waals surface area contributed by atoms with Crippen molar-refractivity contribution in [1.82, 2.24) is 9.88 Å². The summed E-state index contributed by atoms with van der Waals surface area (Å²) in [7, 11) is 2.16. The van der Waals surface area contributed by atoms with E-state index < -0.39 is 0 Å². The minimum Gasteiger partial charge on any atom is -0.423 e. The Morgan fingerprint density at radius 3 is 3.11 bits per heavy atom. The molecule has 0 spiro atoms. The van der Waals surface area contributed by atoms with E-state index in [9.17, 15) is 0 Å². The normalized spacial score (nSPS) is 24.7. The molecule has 1 aromatic carbocycles. The van der Waals surface area contributed by atoms with Crippen LogP contribution in [0.4, 0.5) is 11.7 Å². The Kier molecular flexibility index (Phi) is 3.06. The molecule has 102 valence electrons. The molecule has 0 aliphatic carbocycles. The molecule has 1 fully saturated rings. The van der Waals surface area contributed by atoms with Gasteiger partial charge in [0.05, 0.1) is 0 Å². The van der Waals surface area contributed by atoms with Crippen molar-refractivity contribution < 1.29 is 4.42 Å². The third-order valence-corrected chi connectivity index (χ3v) is 3.83. The van der Waals surface area contributed by atoms with E-state index in [1.807, 2.05) is 18.2 Å². The second kappa shape index (κ2) is 4.74. The van der Waals surface area contributed by atoms with E-state index in [-0.39, 0.29) is 0 Å². The Hall–Kier alpha value is -1.75. The van der Waals surface area contributed by atoms with Gasteiger partial charge in [0, 0.05) is 24.3 Å². The van der Waals surface area contributed by atoms with Gasteiger partial charge in [-0.2, -0.15) is 4.98 Å². The lowest BCUT2D eigenvalue weighted by Gasteiger charge is -2.34. The number of nitrogens with zero attached hydrogens (tertiary/aromatic N) is 2. The number of likely N-dealkylation sites (tertiary alicyclic amines) is 1. The van der Waals surface area contributed by atoms with Crippen LogP contribution in [0.5, 0.6) is 0 Å². The highest BCUT2D eigenvalue weighted by molar-refractivity contribution is 5.78. The van der Waals surface area contributed by atoms with E-state index in [2.05, 4.69) is 29.2 Å². The molecule has 1 aromatic heterocycles. The van der Waals surface area contributed by atoms with E-state index in [0.717, 1.165) is 30.6 Å². The van der Waals surface area contributed by atoms with E-state index >= 15 is 0 Å². The van der Waals surface area contributed by atoms with Crippen molar-refractivity contribution in [2.45, 2.75) is 19.4 Å². The first-order chi connectivity index (χ1) is 9.11. The molecular weight excluding hydrogens is 240 g/mol. The number of nitrogens with two attached hydrogens (primary N) is 1. The van der Waals surface area contributed by atoms with E-state index in [1.165, 1.54) is 0 Å². The van der Waals surface area contributed by atoms with Crippen molar-refractivity contribution in [3.63, 3.8) is 0 Å². The summed E-state index contributed by atoms with van der Waals surface area (Å²) >= 11 is 0. The number of piperidine rings is 1. The molecule has 2 atom stereocenters. The van der Waals surface area contributed by atoms with Gasteiger partial charge in [0.1, 0.15) is 5.52 Å². The van der Waals surface area contributed by atoms with Gasteiger partial charge in [0.15, 0.2) is 5.58 Å². The molecule has 1 aliphatic rings. The predicted molar refractivity (Wildman–Crippen MR) is 77.1 cm³/mol. The lowest BCUT2D eigenvalue weighted by atomic mass is 9.94. The minimum absolute atomic E-state index is 0.418. The first kappa shape index (κ1) is 12.3. The molecule has 0 amide bonds. The number of fused-ring (bicyclic) bond motifs is 1. The Balaban J connectivity index is 1.77. The maximum atomic E-state index is 5.74. The van der Waals surface area contributed by atoms with E-state index in [0.29, 0.717) is 23.7 Å². The van der Waals surface area contributed by atoms with Crippen LogP contribution in [0.15, 0.2) is 22.6 Å². The summed E-state index contributed by atoms with van der Waals surface area (Å²) in [6.07, 6.45) is 1.11. The maximum Gasteiger partial charge on any atom is 0.295 e. The fraction of sp³-hybridized carbons (Fsp3) is 0.500. The van der Waals surface area contributed by atoms with Gasteiger partial charge >= 0.3 is 0 Å². The van der Waals surface area contributed by atoms with Gasteiger partial charge in [-0.05, 0) is 38.1 Å². The Bertz CT molecular complexity index is 580. The molecule has 5 nitrogen and oxygen atoms in total. The number of rotatable bonds is 2. The van der Waals surface area contributed by atoms with Crippen molar-refractivity contribution in [3.8, 4) is 0 Å². The fourth-order valence-electron chi connectivity index (χ4n) is 2.73. The number of anilines is 2. The van der Waals surface area contributed by atoms with Gasteiger partial charge < -0.3 is 20.4 Å². The van der Waals surface area contributed by atoms with Gasteiger partial charge in [-0.3, -0.25) is 0 Å². The van der Waals surface area contributed by atoms with Crippen LogP contribution in [0.1, 0.15) is 13.3 Å². The second-order valence-corrected chi connectivity index (χ2v) is 5.53. The number of nitrogen functional groups attached to an aromatic ring is 1. The van der Waals surface area contributed by atoms with E-state index in [1.54, 1.807) is 0 Å². The zero-order valence-corrected chi connectivity index (χ0v) is 11.4. The number of hydrogen-bond acceptors (Lipinski definition) is 5. The summed E-state index contributed by atoms with van der Waals surface area (Å²) in [5.41, 5.74) is 8.02. The van der Waals surface area contributed by atoms with Crippen LogP contribution in [0.25, 0.3) is 11.1 Å². The van der Waals surface area contributed by atoms with Crippen LogP contribution >= 0.6 is 0 Å². The number of aromatic nitrogens is 1. The van der Waals surface area contributed by atoms with Crippen molar-refractivity contribution in [3.05, 3.63) is 18.2 Å². The topological polar surface area (TPSA) is 67.3 Å². The largest absolute Gasteiger partial charge is 0.423 e. The van der Waals surface area contributed by atoms with Gasteiger partial charge in [-0.25, -0.2) is 0 Å². The van der Waals surface area contributed by atoms with Gasteiger partial charge in [-0.1, -0.05) is 6.92 Å². The molecule has 2 unspecified atom stereocenters. The average molecular weight is 260 g/mol. The van der Waals surface area contributed by atoms with Crippen molar-refractivity contribution in [2.75, 3.05) is 31.2 Å². The summed E-state index contributed by atoms with van der Waals surface area (Å²) in [5.74, 6) is 0.582. The van der Waals surface area contributed by atoms with Crippen LogP contribution in [0.3, 0.4) is 0 Å². The van der Waals surface area contributed by atoms with Gasteiger partial charge in [0.2, 0.25) is 0 Å². The number of oxazole rings is 1. The fourth-order valence-corrected chi connectivity index (χ4v) is 2.73. The van der Waals surface area contributed by atoms with Crippen LogP contribution in [0, 0.1) is 5.92 Å². The number of benzene rings is 1. The molecule has 1 aliphatic heterocycles. The molecule has 3 rings (SSSR count). The summed E-state index contributed by atoms with van der Waals surface area (Å²) in [6, 6.07) is 6.55. The van der Waals surface area contributed by atoms with Gasteiger partial charge in [-0.15, -0.1) is 0 Å². The number of hydrogen-bond donors (Lipinski definition) is 2. The summed E-state index contributed by atoms with van der Waals surface area (Å²) in [6.45, 7) is 4.47. The smallest absolute Gasteiger partial charge is 0.295 e. The monoisotopic (exact) mass is 260 g/mol. The lowest BCUT2D eigenvalue weighted by molar-refractivity contribution is 0.204. The van der Waals surface area contributed by atoms with Crippen molar-refractivity contribution in [1.29, 1.82) is 0 Å². The molecule has 0 saturated carbocycles. The number of nitrogens with one attached hydrogen (secondary N) is 1. The van der Waals surface area contributed by atoms with Crippen molar-refractivity contribution in [2.24, 2.45) is 5.92 Å². The highest BCUT2D eigenvalue weighted by Crippen LogP contribution is 2.24. The van der Waals surface area contributed by atoms with Crippen LogP contribution in [0.2, 0.25) is 0 Å². The van der Waals surface area contributed by atoms with Crippen molar-refractivity contribution >= 4 is 22.8 Å². The molecule has 2 aromatic rings. The highest BCUT2D eigenvalue weighted by Gasteiger charge is 2.25. The molecule has 19 heavy (non-hydrogen) atoms. The average Bonchev–Trinajstić information content (AvgIpc) is 2.74. The predicted octanol–water partition coefficient (Wildman–Crippen LogP) is 2.16. The van der Waals surface area contributed by atoms with E-state index in [4.69, 9.17) is 10.2 Å². The Morgan fingerprint density at radius 1 is 1.47 bits per heavy atom. The highest BCUT2D eigenvalue weighted by atomic mass is 16.4. The standard InChI is InChI=1S/C14H20N4O/c1-9-8-18(2)6-5-11(9)16-14-17-12-4-3-10(15)7-13(12)19-14/h3-4,7,9,11H,5-6,8,15H2,1-2H3,(H,16,17). The third kappa shape index (κ3) is 2.51. The lowest BCUT2D eigenvalue weighted by Crippen LogP contribution is -2.43. The van der Waals surface area contributed by atoms with Crippen LogP contribution in [-0.4, -0.2) is 36.1 Å². The second-order valence-electron chi connectivity index (χ2n) is 5.53. The van der Waals surface area contributed by atoms with Gasteiger partial charge in [0.25, 0.3) is 6.01 Å². The molecular formula is C14H20N4O. The molecule has 0 radical (unpaired) electrons. The molecule has 3 N–H and O–H groups in total. The SMILES string of the molecule is CC1CN(C)CCC1Nc1nc2ccc(N)cc2o1. The molecule has 2 heterocycles. The molecule has 1 saturated heterocycles. The Morgan fingerprint density at radius 2 is 2.32 bits per heavy atom. The first-order valence-electron chi connectivity index (χ1n) is 6.73. The minimum atomic E-state index is 0.418. The first-order valence-corrected chi connectivity index (χ1v) is 6.73. The van der Waals surface area contributed by atoms with Crippen LogP contribution in [-0.2, 0) is 0 Å². The molecule has 0 bridgehead atoms. The third-order valence-electron chi connectivity index (χ3n) is 3.83. The summed E-state index contributed by atoms with van der Waals surface area (Å²) in [4.78, 5) is 6.81. The quantitative estimate of drug-likeness (QED) is 0.810. The Labute approximate surface area is 112 Å². The summed E-state index contributed by atoms with van der Waals surface area (Å²) in [5, 5.41) is 3.41. The zero-order valence-electron chi connectivity index (χ0n) is 11.4. The summed E-state index contributed by atoms with van der Waals surface area (Å²) < 4.78 is 5.71. The van der Waals surface area contributed by atoms with Crippen LogP contribution < -0.4 is 11.1 Å². The molecule has 5 heteroatoms.